The highest BCUT2D eigenvalue weighted by Crippen LogP contribution is 2.44. The predicted molar refractivity (Wildman–Crippen MR) is 52.3 cm³/mol. The van der Waals surface area contributed by atoms with Gasteiger partial charge < -0.3 is 5.11 Å². The van der Waals surface area contributed by atoms with Gasteiger partial charge in [0.2, 0.25) is 0 Å². The summed E-state index contributed by atoms with van der Waals surface area (Å²) in [5.41, 5.74) is -1.72. The Morgan fingerprint density at radius 1 is 1.38 bits per heavy atom. The van der Waals surface area contributed by atoms with E-state index in [-0.39, 0.29) is 11.8 Å². The molecule has 3 atom stereocenters. The van der Waals surface area contributed by atoms with Crippen LogP contribution in [0.1, 0.15) is 47.0 Å². The van der Waals surface area contributed by atoms with Gasteiger partial charge in [-0.25, -0.2) is 4.39 Å². The van der Waals surface area contributed by atoms with Crippen molar-refractivity contribution in [2.24, 2.45) is 11.8 Å². The summed E-state index contributed by atoms with van der Waals surface area (Å²) in [5, 5.41) is 10.2. The number of alkyl halides is 1. The summed E-state index contributed by atoms with van der Waals surface area (Å²) in [7, 11) is 0. The number of aliphatic hydroxyl groups is 1. The first-order chi connectivity index (χ1) is 5.78. The maximum absolute atomic E-state index is 13.8. The molecular formula is C11H21FO. The van der Waals surface area contributed by atoms with E-state index in [9.17, 15) is 9.50 Å². The highest BCUT2D eigenvalue weighted by molar-refractivity contribution is 4.96. The molecule has 0 bridgehead atoms. The number of halogens is 1. The van der Waals surface area contributed by atoms with Crippen LogP contribution in [-0.2, 0) is 0 Å². The maximum atomic E-state index is 13.8. The molecule has 0 aromatic rings. The second kappa shape index (κ2) is 3.23. The van der Waals surface area contributed by atoms with Crippen molar-refractivity contribution >= 4 is 0 Å². The smallest absolute Gasteiger partial charge is 0.111 e. The highest BCUT2D eigenvalue weighted by atomic mass is 19.1. The molecule has 0 spiro atoms. The Kier molecular flexibility index (Phi) is 2.73. The minimum absolute atomic E-state index is 0.0337. The molecule has 3 unspecified atom stereocenters. The quantitative estimate of drug-likeness (QED) is 0.670. The van der Waals surface area contributed by atoms with Crippen LogP contribution in [0.15, 0.2) is 0 Å². The van der Waals surface area contributed by atoms with Crippen molar-refractivity contribution in [1.29, 1.82) is 0 Å². The number of hydrogen-bond acceptors (Lipinski definition) is 1. The molecule has 0 saturated heterocycles. The average molecular weight is 188 g/mol. The van der Waals surface area contributed by atoms with Gasteiger partial charge in [-0.15, -0.1) is 0 Å². The molecule has 1 fully saturated rings. The van der Waals surface area contributed by atoms with Crippen LogP contribution < -0.4 is 0 Å². The SMILES string of the molecule is CC1CC(O)(C(C)C)CCC1(C)F. The Morgan fingerprint density at radius 2 is 1.92 bits per heavy atom. The Labute approximate surface area is 80.3 Å². The van der Waals surface area contributed by atoms with Crippen molar-refractivity contribution in [2.75, 3.05) is 0 Å². The van der Waals surface area contributed by atoms with Crippen LogP contribution in [0.2, 0.25) is 0 Å². The third-order valence-corrected chi connectivity index (χ3v) is 3.81. The van der Waals surface area contributed by atoms with E-state index in [2.05, 4.69) is 0 Å². The largest absolute Gasteiger partial charge is 0.390 e. The van der Waals surface area contributed by atoms with E-state index in [4.69, 9.17) is 0 Å². The topological polar surface area (TPSA) is 20.2 Å². The summed E-state index contributed by atoms with van der Waals surface area (Å²) in [5.74, 6) is 0.194. The molecule has 0 radical (unpaired) electrons. The zero-order valence-electron chi connectivity index (χ0n) is 9.10. The second-order valence-electron chi connectivity index (χ2n) is 5.14. The van der Waals surface area contributed by atoms with Gasteiger partial charge in [0, 0.05) is 0 Å². The van der Waals surface area contributed by atoms with Crippen molar-refractivity contribution in [3.05, 3.63) is 0 Å². The van der Waals surface area contributed by atoms with Gasteiger partial charge >= 0.3 is 0 Å². The van der Waals surface area contributed by atoms with E-state index in [1.807, 2.05) is 20.8 Å². The average Bonchev–Trinajstić information content (AvgIpc) is 1.98. The highest BCUT2D eigenvalue weighted by Gasteiger charge is 2.45. The molecule has 0 aliphatic heterocycles. The first-order valence-corrected chi connectivity index (χ1v) is 5.19. The molecule has 2 heteroatoms. The molecule has 0 amide bonds. The fraction of sp³-hybridized carbons (Fsp3) is 1.00. The van der Waals surface area contributed by atoms with Crippen LogP contribution in [0.5, 0.6) is 0 Å². The lowest BCUT2D eigenvalue weighted by Crippen LogP contribution is -2.47. The van der Waals surface area contributed by atoms with Gasteiger partial charge in [0.05, 0.1) is 5.60 Å². The Balaban J connectivity index is 2.70. The van der Waals surface area contributed by atoms with E-state index in [1.165, 1.54) is 0 Å². The van der Waals surface area contributed by atoms with Gasteiger partial charge in [-0.05, 0) is 38.0 Å². The summed E-state index contributed by atoms with van der Waals surface area (Å²) in [6.45, 7) is 7.56. The van der Waals surface area contributed by atoms with Gasteiger partial charge in [0.15, 0.2) is 0 Å². The number of rotatable bonds is 1. The molecule has 13 heavy (non-hydrogen) atoms. The van der Waals surface area contributed by atoms with Crippen LogP contribution >= 0.6 is 0 Å². The van der Waals surface area contributed by atoms with Crippen molar-refractivity contribution in [2.45, 2.75) is 58.2 Å². The van der Waals surface area contributed by atoms with E-state index in [0.29, 0.717) is 19.3 Å². The molecule has 0 aromatic carbocycles. The molecule has 1 aliphatic rings. The normalized spacial score (nSPS) is 46.8. The van der Waals surface area contributed by atoms with Crippen molar-refractivity contribution in [1.82, 2.24) is 0 Å². The minimum atomic E-state index is -1.08. The summed E-state index contributed by atoms with van der Waals surface area (Å²) in [4.78, 5) is 0. The monoisotopic (exact) mass is 188 g/mol. The predicted octanol–water partition coefficient (Wildman–Crippen LogP) is 2.92. The molecule has 1 aliphatic carbocycles. The van der Waals surface area contributed by atoms with Gasteiger partial charge in [0.25, 0.3) is 0 Å². The van der Waals surface area contributed by atoms with E-state index >= 15 is 0 Å². The maximum Gasteiger partial charge on any atom is 0.111 e. The van der Waals surface area contributed by atoms with Crippen LogP contribution in [0, 0.1) is 11.8 Å². The van der Waals surface area contributed by atoms with Crippen LogP contribution in [-0.4, -0.2) is 16.4 Å². The van der Waals surface area contributed by atoms with Crippen LogP contribution in [0.4, 0.5) is 4.39 Å². The molecule has 1 nitrogen and oxygen atoms in total. The molecule has 0 aromatic heterocycles. The zero-order valence-corrected chi connectivity index (χ0v) is 9.10. The Morgan fingerprint density at radius 3 is 2.31 bits per heavy atom. The minimum Gasteiger partial charge on any atom is -0.390 e. The molecule has 1 N–H and O–H groups in total. The summed E-state index contributed by atoms with van der Waals surface area (Å²) >= 11 is 0. The Hall–Kier alpha value is -0.110. The van der Waals surface area contributed by atoms with Gasteiger partial charge in [-0.3, -0.25) is 0 Å². The lowest BCUT2D eigenvalue weighted by molar-refractivity contribution is -0.0968. The van der Waals surface area contributed by atoms with Crippen molar-refractivity contribution in [3.63, 3.8) is 0 Å². The molecular weight excluding hydrogens is 167 g/mol. The second-order valence-corrected chi connectivity index (χ2v) is 5.14. The first kappa shape index (κ1) is 11.0. The van der Waals surface area contributed by atoms with Gasteiger partial charge in [-0.1, -0.05) is 20.8 Å². The first-order valence-electron chi connectivity index (χ1n) is 5.19. The lowest BCUT2D eigenvalue weighted by Gasteiger charge is -2.44. The third kappa shape index (κ3) is 2.04. The number of hydrogen-bond donors (Lipinski definition) is 1. The lowest BCUT2D eigenvalue weighted by atomic mass is 9.67. The van der Waals surface area contributed by atoms with Gasteiger partial charge in [0.1, 0.15) is 5.67 Å². The van der Waals surface area contributed by atoms with Crippen molar-refractivity contribution in [3.8, 4) is 0 Å². The molecule has 1 saturated carbocycles. The summed E-state index contributed by atoms with van der Waals surface area (Å²) in [6.07, 6.45) is 1.68. The third-order valence-electron chi connectivity index (χ3n) is 3.81. The zero-order chi connectivity index (χ0) is 10.3. The molecule has 0 heterocycles. The van der Waals surface area contributed by atoms with Crippen LogP contribution in [0.25, 0.3) is 0 Å². The Bertz CT molecular complexity index is 189. The van der Waals surface area contributed by atoms with Gasteiger partial charge in [-0.2, -0.15) is 0 Å². The van der Waals surface area contributed by atoms with E-state index in [1.54, 1.807) is 6.92 Å². The summed E-state index contributed by atoms with van der Waals surface area (Å²) in [6, 6.07) is 0. The van der Waals surface area contributed by atoms with E-state index in [0.717, 1.165) is 0 Å². The fourth-order valence-electron chi connectivity index (χ4n) is 2.08. The van der Waals surface area contributed by atoms with Crippen LogP contribution in [0.3, 0.4) is 0 Å². The molecule has 78 valence electrons. The van der Waals surface area contributed by atoms with E-state index < -0.39 is 11.3 Å². The molecule has 1 rings (SSSR count). The fourth-order valence-corrected chi connectivity index (χ4v) is 2.08. The van der Waals surface area contributed by atoms with Crippen molar-refractivity contribution < 1.29 is 9.50 Å². The summed E-state index contributed by atoms with van der Waals surface area (Å²) < 4.78 is 13.8. The standard InChI is InChI=1S/C11H21FO/c1-8(2)11(13)6-5-10(4,12)9(3)7-11/h8-9,13H,5-7H2,1-4H3.